The average molecular weight is 513 g/mol. The van der Waals surface area contributed by atoms with E-state index in [9.17, 15) is 18.0 Å². The molecule has 0 bridgehead atoms. The molecule has 4 aromatic rings. The summed E-state index contributed by atoms with van der Waals surface area (Å²) < 4.78 is 46.7. The molecule has 0 aliphatic heterocycles. The molecule has 0 fully saturated rings. The lowest BCUT2D eigenvalue weighted by atomic mass is 10.2. The van der Waals surface area contributed by atoms with E-state index in [-0.39, 0.29) is 11.7 Å². The Balaban J connectivity index is 1.49. The minimum Gasteiger partial charge on any atom is -0.457 e. The molecule has 2 N–H and O–H groups in total. The molecule has 0 aliphatic carbocycles. The van der Waals surface area contributed by atoms with Crippen LogP contribution in [0.15, 0.2) is 61.1 Å². The van der Waals surface area contributed by atoms with Gasteiger partial charge in [-0.05, 0) is 69.0 Å². The number of aryl methyl sites for hydroxylation is 1. The first-order chi connectivity index (χ1) is 17.6. The van der Waals surface area contributed by atoms with Crippen molar-refractivity contribution in [3.8, 4) is 11.5 Å². The highest BCUT2D eigenvalue weighted by Crippen LogP contribution is 2.34. The number of ether oxygens (including phenoxy) is 1. The van der Waals surface area contributed by atoms with Crippen molar-refractivity contribution < 1.29 is 22.7 Å². The van der Waals surface area contributed by atoms with Gasteiger partial charge in [0.05, 0.1) is 17.6 Å². The van der Waals surface area contributed by atoms with Gasteiger partial charge in [0.2, 0.25) is 5.91 Å². The van der Waals surface area contributed by atoms with E-state index in [4.69, 9.17) is 4.74 Å². The first-order valence-corrected chi connectivity index (χ1v) is 11.5. The first-order valence-electron chi connectivity index (χ1n) is 11.5. The zero-order chi connectivity index (χ0) is 26.6. The van der Waals surface area contributed by atoms with E-state index >= 15 is 0 Å². The van der Waals surface area contributed by atoms with Gasteiger partial charge in [-0.3, -0.25) is 4.79 Å². The number of anilines is 2. The highest BCUT2D eigenvalue weighted by atomic mass is 19.4. The van der Waals surface area contributed by atoms with Crippen molar-refractivity contribution in [1.82, 2.24) is 24.8 Å². The molecule has 11 heteroatoms. The van der Waals surface area contributed by atoms with Crippen molar-refractivity contribution >= 4 is 28.4 Å². The summed E-state index contributed by atoms with van der Waals surface area (Å²) in [6.45, 7) is 3.11. The molecule has 0 aliphatic rings. The predicted octanol–water partition coefficient (Wildman–Crippen LogP) is 4.97. The van der Waals surface area contributed by atoms with E-state index in [0.29, 0.717) is 31.2 Å². The van der Waals surface area contributed by atoms with Crippen molar-refractivity contribution in [1.29, 1.82) is 0 Å². The molecule has 0 saturated heterocycles. The molecule has 0 radical (unpaired) electrons. The first kappa shape index (κ1) is 26.0. The summed E-state index contributed by atoms with van der Waals surface area (Å²) in [4.78, 5) is 22.4. The molecule has 1 amide bonds. The number of aromatic nitrogens is 3. The minimum atomic E-state index is -4.44. The Morgan fingerprint density at radius 3 is 2.65 bits per heavy atom. The van der Waals surface area contributed by atoms with Gasteiger partial charge in [0.15, 0.2) is 5.82 Å². The molecule has 2 heterocycles. The lowest BCUT2D eigenvalue weighted by Gasteiger charge is -2.14. The van der Waals surface area contributed by atoms with Crippen LogP contribution in [0, 0.1) is 6.92 Å². The number of carbonyl (C=O) groups excluding carboxylic acids is 1. The van der Waals surface area contributed by atoms with E-state index in [1.165, 1.54) is 18.5 Å². The molecule has 0 unspecified atom stereocenters. The number of halogens is 3. The summed E-state index contributed by atoms with van der Waals surface area (Å²) in [5.41, 5.74) is 2.21. The van der Waals surface area contributed by atoms with Gasteiger partial charge in [-0.15, -0.1) is 0 Å². The number of amides is 1. The molecule has 4 rings (SSSR count). The molecular formula is C26H27F3N6O2. The summed E-state index contributed by atoms with van der Waals surface area (Å²) in [6.07, 6.45) is -1.09. The summed E-state index contributed by atoms with van der Waals surface area (Å²) in [7, 11) is 3.67. The van der Waals surface area contributed by atoms with Crippen molar-refractivity contribution in [3.05, 3.63) is 72.2 Å². The van der Waals surface area contributed by atoms with Gasteiger partial charge in [-0.25, -0.2) is 9.97 Å². The Labute approximate surface area is 212 Å². The lowest BCUT2D eigenvalue weighted by Crippen LogP contribution is -2.35. The van der Waals surface area contributed by atoms with Gasteiger partial charge in [-0.1, -0.05) is 6.07 Å². The van der Waals surface area contributed by atoms with Crippen LogP contribution in [0.2, 0.25) is 0 Å². The van der Waals surface area contributed by atoms with E-state index in [2.05, 4.69) is 20.6 Å². The number of nitrogens with one attached hydrogen (secondary N) is 2. The van der Waals surface area contributed by atoms with Crippen molar-refractivity contribution in [2.45, 2.75) is 19.6 Å². The second-order valence-electron chi connectivity index (χ2n) is 8.79. The van der Waals surface area contributed by atoms with Crippen molar-refractivity contribution in [3.63, 3.8) is 0 Å². The highest BCUT2D eigenvalue weighted by molar-refractivity contribution is 5.88. The number of likely N-dealkylation sites (N-methyl/N-ethyl adjacent to an activating group) is 1. The fourth-order valence-electron chi connectivity index (χ4n) is 3.81. The molecular weight excluding hydrogens is 485 g/mol. The third kappa shape index (κ3) is 6.56. The Bertz CT molecular complexity index is 1400. The quantitative estimate of drug-likeness (QED) is 0.329. The predicted molar refractivity (Wildman–Crippen MR) is 135 cm³/mol. The highest BCUT2D eigenvalue weighted by Gasteiger charge is 2.30. The van der Waals surface area contributed by atoms with Crippen LogP contribution in [0.4, 0.5) is 24.7 Å². The van der Waals surface area contributed by atoms with E-state index < -0.39 is 11.7 Å². The third-order valence-electron chi connectivity index (χ3n) is 5.51. The van der Waals surface area contributed by atoms with Gasteiger partial charge < -0.3 is 24.8 Å². The molecule has 8 nitrogen and oxygen atoms in total. The number of rotatable bonds is 9. The van der Waals surface area contributed by atoms with Crippen LogP contribution in [-0.2, 0) is 17.5 Å². The van der Waals surface area contributed by atoms with Gasteiger partial charge >= 0.3 is 6.18 Å². The van der Waals surface area contributed by atoms with E-state index in [1.807, 2.05) is 43.9 Å². The third-order valence-corrected chi connectivity index (χ3v) is 5.51. The van der Waals surface area contributed by atoms with E-state index in [1.54, 1.807) is 17.0 Å². The number of hydrogen-bond acceptors (Lipinski definition) is 6. The fourth-order valence-corrected chi connectivity index (χ4v) is 3.81. The maximum absolute atomic E-state index is 13.0. The zero-order valence-corrected chi connectivity index (χ0v) is 20.6. The Morgan fingerprint density at radius 2 is 1.92 bits per heavy atom. The molecule has 37 heavy (non-hydrogen) atoms. The number of carbonyl (C=O) groups is 1. The second-order valence-corrected chi connectivity index (χ2v) is 8.79. The van der Waals surface area contributed by atoms with Gasteiger partial charge in [0.25, 0.3) is 0 Å². The molecule has 0 atom stereocenters. The van der Waals surface area contributed by atoms with Crippen LogP contribution in [0.3, 0.4) is 0 Å². The number of hydrogen-bond donors (Lipinski definition) is 2. The van der Waals surface area contributed by atoms with Gasteiger partial charge in [0.1, 0.15) is 23.3 Å². The fraction of sp³-hybridized carbons (Fsp3) is 0.269. The number of alkyl halides is 3. The van der Waals surface area contributed by atoms with Gasteiger partial charge in [-0.2, -0.15) is 13.2 Å². The maximum Gasteiger partial charge on any atom is 0.416 e. The van der Waals surface area contributed by atoms with Crippen LogP contribution in [0.1, 0.15) is 11.1 Å². The standard InChI is InChI=1S/C26H27F3N6O2/c1-17-13-19(7-8-22(17)37-20-6-4-5-18(14-20)26(27,28)29)33-25-24-21(31-16-32-25)9-11-35(24)12-10-30-23(36)15-34(2)3/h4-9,11,13-14,16H,10,12,15H2,1-3H3,(H,30,36)(H,31,32,33). The normalized spacial score (nSPS) is 11.6. The molecule has 2 aromatic heterocycles. The largest absolute Gasteiger partial charge is 0.457 e. The summed E-state index contributed by atoms with van der Waals surface area (Å²) in [5.74, 6) is 1.07. The average Bonchev–Trinajstić information content (AvgIpc) is 3.24. The minimum absolute atomic E-state index is 0.0565. The van der Waals surface area contributed by atoms with Crippen molar-refractivity contribution in [2.24, 2.45) is 0 Å². The summed E-state index contributed by atoms with van der Waals surface area (Å²) in [6, 6.07) is 11.9. The Kier molecular flexibility index (Phi) is 7.63. The van der Waals surface area contributed by atoms with Gasteiger partial charge in [0, 0.05) is 25.0 Å². The number of benzene rings is 2. The maximum atomic E-state index is 13.0. The van der Waals surface area contributed by atoms with Crippen LogP contribution in [0.5, 0.6) is 11.5 Å². The van der Waals surface area contributed by atoms with Crippen LogP contribution in [-0.4, -0.2) is 52.5 Å². The monoisotopic (exact) mass is 512 g/mol. The molecule has 0 saturated carbocycles. The summed E-state index contributed by atoms with van der Waals surface area (Å²) >= 11 is 0. The second kappa shape index (κ2) is 10.9. The van der Waals surface area contributed by atoms with Crippen LogP contribution in [0.25, 0.3) is 11.0 Å². The Hall–Kier alpha value is -4.12. The smallest absolute Gasteiger partial charge is 0.416 e. The number of nitrogens with zero attached hydrogens (tertiary/aromatic N) is 4. The molecule has 194 valence electrons. The number of fused-ring (bicyclic) bond motifs is 1. The molecule has 0 spiro atoms. The topological polar surface area (TPSA) is 84.3 Å². The van der Waals surface area contributed by atoms with Crippen LogP contribution >= 0.6 is 0 Å². The molecule has 2 aromatic carbocycles. The zero-order valence-electron chi connectivity index (χ0n) is 20.6. The van der Waals surface area contributed by atoms with Crippen LogP contribution < -0.4 is 15.4 Å². The summed E-state index contributed by atoms with van der Waals surface area (Å²) in [5, 5.41) is 6.18. The SMILES string of the molecule is Cc1cc(Nc2ncnc3ccn(CCNC(=O)CN(C)C)c23)ccc1Oc1cccc(C(F)(F)F)c1. The van der Waals surface area contributed by atoms with Crippen molar-refractivity contribution in [2.75, 3.05) is 32.5 Å². The lowest BCUT2D eigenvalue weighted by molar-refractivity contribution is -0.137. The van der Waals surface area contributed by atoms with E-state index in [0.717, 1.165) is 34.4 Å². The Morgan fingerprint density at radius 1 is 1.11 bits per heavy atom.